The fourth-order valence-corrected chi connectivity index (χ4v) is 3.94. The highest BCUT2D eigenvalue weighted by molar-refractivity contribution is 7.89. The van der Waals surface area contributed by atoms with Gasteiger partial charge >= 0.3 is 5.97 Å². The van der Waals surface area contributed by atoms with E-state index in [1.807, 2.05) is 0 Å². The zero-order chi connectivity index (χ0) is 15.5. The van der Waals surface area contributed by atoms with Crippen molar-refractivity contribution < 1.29 is 23.1 Å². The second-order valence-corrected chi connectivity index (χ2v) is 6.74. The number of benzene rings is 1. The molecule has 1 aromatic carbocycles. The molecule has 2 N–H and O–H groups in total. The summed E-state index contributed by atoms with van der Waals surface area (Å²) in [5, 5.41) is 10.4. The minimum Gasteiger partial charge on any atom is -0.497 e. The molecule has 112 valence electrons. The number of rotatable bonds is 6. The Morgan fingerprint density at radius 1 is 1.29 bits per heavy atom. The molecule has 0 aliphatic heterocycles. The Balaban J connectivity index is 2.14. The Morgan fingerprint density at radius 2 is 1.95 bits per heavy atom. The quantitative estimate of drug-likeness (QED) is 0.846. The van der Waals surface area contributed by atoms with E-state index in [1.165, 1.54) is 11.4 Å². The third-order valence-corrected chi connectivity index (χ3v) is 5.21. The number of carbonyl (C=O) groups is 1. The second kappa shape index (κ2) is 6.25. The van der Waals surface area contributed by atoms with Crippen molar-refractivity contribution in [3.8, 4) is 5.75 Å². The van der Waals surface area contributed by atoms with Gasteiger partial charge in [0.05, 0.1) is 7.11 Å². The van der Waals surface area contributed by atoms with E-state index in [1.54, 1.807) is 31.4 Å². The molecule has 0 saturated heterocycles. The molecule has 21 heavy (non-hydrogen) atoms. The number of sulfonamides is 1. The van der Waals surface area contributed by atoms with Gasteiger partial charge in [-0.05, 0) is 29.1 Å². The molecular weight excluding hydrogens is 314 g/mol. The second-order valence-electron chi connectivity index (χ2n) is 4.09. The van der Waals surface area contributed by atoms with Gasteiger partial charge in [-0.1, -0.05) is 12.1 Å². The molecule has 8 heteroatoms. The summed E-state index contributed by atoms with van der Waals surface area (Å²) in [5.74, 6) is -0.581. The third kappa shape index (κ3) is 3.60. The lowest BCUT2D eigenvalue weighted by molar-refractivity contribution is 0.0698. The normalized spacial score (nSPS) is 11.3. The van der Waals surface area contributed by atoms with Gasteiger partial charge in [-0.25, -0.2) is 17.9 Å². The van der Waals surface area contributed by atoms with Crippen LogP contribution in [0.4, 0.5) is 0 Å². The molecule has 2 rings (SSSR count). The standard InChI is InChI=1S/C13H13NO5S2/c1-19-10-4-2-9(3-5-10)8-14-21(17,18)11-6-7-20-12(11)13(15)16/h2-7,14H,8H2,1H3,(H,15,16). The fourth-order valence-electron chi connectivity index (χ4n) is 1.66. The number of hydrogen-bond donors (Lipinski definition) is 2. The van der Waals surface area contributed by atoms with Crippen LogP contribution in [-0.2, 0) is 16.6 Å². The van der Waals surface area contributed by atoms with Crippen molar-refractivity contribution in [2.75, 3.05) is 7.11 Å². The van der Waals surface area contributed by atoms with Crippen molar-refractivity contribution in [1.29, 1.82) is 0 Å². The van der Waals surface area contributed by atoms with Crippen molar-refractivity contribution in [3.63, 3.8) is 0 Å². The van der Waals surface area contributed by atoms with Crippen molar-refractivity contribution in [2.45, 2.75) is 11.4 Å². The van der Waals surface area contributed by atoms with Gasteiger partial charge in [0.15, 0.2) is 0 Å². The summed E-state index contributed by atoms with van der Waals surface area (Å²) in [6.45, 7) is 0.0707. The molecule has 0 spiro atoms. The van der Waals surface area contributed by atoms with E-state index in [-0.39, 0.29) is 16.3 Å². The minimum atomic E-state index is -3.86. The van der Waals surface area contributed by atoms with Crippen LogP contribution in [-0.4, -0.2) is 26.6 Å². The largest absolute Gasteiger partial charge is 0.497 e. The molecule has 1 heterocycles. The smallest absolute Gasteiger partial charge is 0.347 e. The Kier molecular flexibility index (Phi) is 4.61. The molecule has 0 aliphatic carbocycles. The van der Waals surface area contributed by atoms with Gasteiger partial charge in [0.1, 0.15) is 15.5 Å². The van der Waals surface area contributed by atoms with Crippen LogP contribution in [0.2, 0.25) is 0 Å². The molecule has 0 bridgehead atoms. The van der Waals surface area contributed by atoms with Crippen LogP contribution in [0.3, 0.4) is 0 Å². The minimum absolute atomic E-state index is 0.0707. The Morgan fingerprint density at radius 3 is 2.52 bits per heavy atom. The van der Waals surface area contributed by atoms with Gasteiger partial charge in [0, 0.05) is 6.54 Å². The van der Waals surface area contributed by atoms with Gasteiger partial charge in [-0.2, -0.15) is 0 Å². The van der Waals surface area contributed by atoms with Crippen LogP contribution in [0, 0.1) is 0 Å². The first-order chi connectivity index (χ1) is 9.94. The average molecular weight is 327 g/mol. The van der Waals surface area contributed by atoms with Crippen LogP contribution in [0.25, 0.3) is 0 Å². The van der Waals surface area contributed by atoms with E-state index in [9.17, 15) is 13.2 Å². The highest BCUT2D eigenvalue weighted by Crippen LogP contribution is 2.22. The Bertz CT molecular complexity index is 734. The summed E-state index contributed by atoms with van der Waals surface area (Å²) in [6.07, 6.45) is 0. The zero-order valence-electron chi connectivity index (χ0n) is 11.1. The molecule has 0 aliphatic rings. The Hall–Kier alpha value is -1.90. The van der Waals surface area contributed by atoms with Gasteiger partial charge in [-0.3, -0.25) is 0 Å². The fraction of sp³-hybridized carbons (Fsp3) is 0.154. The number of thiophene rings is 1. The van der Waals surface area contributed by atoms with Crippen LogP contribution >= 0.6 is 11.3 Å². The maximum absolute atomic E-state index is 12.1. The summed E-state index contributed by atoms with van der Waals surface area (Å²) in [6, 6.07) is 8.18. The van der Waals surface area contributed by atoms with Crippen LogP contribution in [0.15, 0.2) is 40.6 Å². The SMILES string of the molecule is COc1ccc(CNS(=O)(=O)c2ccsc2C(=O)O)cc1. The summed E-state index contributed by atoms with van der Waals surface area (Å²) in [4.78, 5) is 10.6. The van der Waals surface area contributed by atoms with E-state index in [0.29, 0.717) is 5.75 Å². The molecular formula is C13H13NO5S2. The van der Waals surface area contributed by atoms with Gasteiger partial charge in [0.2, 0.25) is 10.0 Å². The van der Waals surface area contributed by atoms with Gasteiger partial charge < -0.3 is 9.84 Å². The number of ether oxygens (including phenoxy) is 1. The lowest BCUT2D eigenvalue weighted by Crippen LogP contribution is -2.24. The number of nitrogens with one attached hydrogen (secondary N) is 1. The zero-order valence-corrected chi connectivity index (χ0v) is 12.7. The lowest BCUT2D eigenvalue weighted by Gasteiger charge is -2.07. The van der Waals surface area contributed by atoms with E-state index in [4.69, 9.17) is 9.84 Å². The molecule has 0 radical (unpaired) electrons. The molecule has 2 aromatic rings. The summed E-state index contributed by atoms with van der Waals surface area (Å²) in [5.41, 5.74) is 0.742. The summed E-state index contributed by atoms with van der Waals surface area (Å²) >= 11 is 0.876. The number of carboxylic acid groups (broad SMARTS) is 1. The highest BCUT2D eigenvalue weighted by Gasteiger charge is 2.23. The number of aromatic carboxylic acids is 1. The maximum Gasteiger partial charge on any atom is 0.347 e. The monoisotopic (exact) mass is 327 g/mol. The first-order valence-corrected chi connectivity index (χ1v) is 8.23. The predicted molar refractivity (Wildman–Crippen MR) is 78.3 cm³/mol. The number of carboxylic acids is 1. The van der Waals surface area contributed by atoms with Crippen molar-refractivity contribution >= 4 is 27.3 Å². The highest BCUT2D eigenvalue weighted by atomic mass is 32.2. The average Bonchev–Trinajstić information content (AvgIpc) is 2.96. The topological polar surface area (TPSA) is 92.7 Å². The van der Waals surface area contributed by atoms with Crippen molar-refractivity contribution in [1.82, 2.24) is 4.72 Å². The van der Waals surface area contributed by atoms with E-state index in [2.05, 4.69) is 4.72 Å². The molecule has 6 nitrogen and oxygen atoms in total. The van der Waals surface area contributed by atoms with Crippen molar-refractivity contribution in [3.05, 3.63) is 46.2 Å². The molecule has 0 amide bonds. The summed E-state index contributed by atoms with van der Waals surface area (Å²) in [7, 11) is -2.31. The molecule has 1 aromatic heterocycles. The van der Waals surface area contributed by atoms with Gasteiger partial charge in [-0.15, -0.1) is 11.3 Å². The molecule has 0 saturated carbocycles. The predicted octanol–water partition coefficient (Wildman–Crippen LogP) is 1.93. The Labute approximate surface area is 126 Å². The lowest BCUT2D eigenvalue weighted by atomic mass is 10.2. The number of methoxy groups -OCH3 is 1. The van der Waals surface area contributed by atoms with E-state index in [0.717, 1.165) is 16.9 Å². The molecule has 0 fully saturated rings. The van der Waals surface area contributed by atoms with E-state index < -0.39 is 16.0 Å². The summed E-state index contributed by atoms with van der Waals surface area (Å²) < 4.78 is 31.6. The van der Waals surface area contributed by atoms with Gasteiger partial charge in [0.25, 0.3) is 0 Å². The van der Waals surface area contributed by atoms with Crippen LogP contribution < -0.4 is 9.46 Å². The maximum atomic E-state index is 12.1. The number of hydrogen-bond acceptors (Lipinski definition) is 5. The first kappa shape index (κ1) is 15.5. The van der Waals surface area contributed by atoms with E-state index >= 15 is 0 Å². The van der Waals surface area contributed by atoms with Crippen molar-refractivity contribution in [2.24, 2.45) is 0 Å². The molecule has 0 unspecified atom stereocenters. The van der Waals surface area contributed by atoms with Crippen LogP contribution in [0.5, 0.6) is 5.75 Å². The third-order valence-electron chi connectivity index (χ3n) is 2.74. The molecule has 0 atom stereocenters. The van der Waals surface area contributed by atoms with Crippen LogP contribution in [0.1, 0.15) is 15.2 Å². The first-order valence-electron chi connectivity index (χ1n) is 5.87.